The van der Waals surface area contributed by atoms with E-state index in [1.54, 1.807) is 0 Å². The fourth-order valence-electron chi connectivity index (χ4n) is 2.22. The molecule has 1 unspecified atom stereocenters. The van der Waals surface area contributed by atoms with E-state index in [2.05, 4.69) is 37.3 Å². The molecular weight excluding hydrogens is 212 g/mol. The first-order chi connectivity index (χ1) is 8.38. The van der Waals surface area contributed by atoms with Gasteiger partial charge in [-0.05, 0) is 24.3 Å². The molecule has 0 bridgehead atoms. The summed E-state index contributed by atoms with van der Waals surface area (Å²) in [5, 5.41) is 0. The molecule has 0 radical (unpaired) electrons. The number of benzene rings is 1. The molecule has 2 heteroatoms. The van der Waals surface area contributed by atoms with Crippen LogP contribution in [0.15, 0.2) is 30.3 Å². The summed E-state index contributed by atoms with van der Waals surface area (Å²) in [5.41, 5.74) is 1.40. The van der Waals surface area contributed by atoms with Gasteiger partial charge in [-0.25, -0.2) is 0 Å². The minimum Gasteiger partial charge on any atom is -0.353 e. The van der Waals surface area contributed by atoms with Crippen molar-refractivity contribution >= 4 is 0 Å². The minimum atomic E-state index is 0.0373. The second kappa shape index (κ2) is 6.77. The van der Waals surface area contributed by atoms with E-state index in [-0.39, 0.29) is 6.29 Å². The number of rotatable bonds is 6. The largest absolute Gasteiger partial charge is 0.353 e. The summed E-state index contributed by atoms with van der Waals surface area (Å²) >= 11 is 0. The molecule has 0 aromatic heterocycles. The normalized spacial score (nSPS) is 24.1. The van der Waals surface area contributed by atoms with Gasteiger partial charge in [-0.15, -0.1) is 0 Å². The fourth-order valence-corrected chi connectivity index (χ4v) is 2.22. The third-order valence-electron chi connectivity index (χ3n) is 3.21. The van der Waals surface area contributed by atoms with Gasteiger partial charge in [0.15, 0.2) is 6.29 Å². The third kappa shape index (κ3) is 4.14. The van der Waals surface area contributed by atoms with Gasteiger partial charge in [-0.2, -0.15) is 0 Å². The standard InChI is InChI=1S/C15H22O2/c1-2-3-9-16-15-11-14(12-17-15)10-13-7-5-4-6-8-13/h4-8,14-15H,2-3,9-12H2,1H3/t14-,15?/m0/s1. The van der Waals surface area contributed by atoms with Crippen LogP contribution >= 0.6 is 0 Å². The molecule has 17 heavy (non-hydrogen) atoms. The maximum atomic E-state index is 5.69. The van der Waals surface area contributed by atoms with Crippen molar-refractivity contribution in [2.75, 3.05) is 13.2 Å². The summed E-state index contributed by atoms with van der Waals surface area (Å²) < 4.78 is 11.4. The first kappa shape index (κ1) is 12.6. The Morgan fingerprint density at radius 1 is 1.29 bits per heavy atom. The molecule has 0 amide bonds. The smallest absolute Gasteiger partial charge is 0.157 e. The van der Waals surface area contributed by atoms with Crippen LogP contribution in [-0.2, 0) is 15.9 Å². The number of ether oxygens (including phenoxy) is 2. The molecule has 1 fully saturated rings. The number of hydrogen-bond donors (Lipinski definition) is 0. The second-order valence-corrected chi connectivity index (χ2v) is 4.78. The number of hydrogen-bond acceptors (Lipinski definition) is 2. The third-order valence-corrected chi connectivity index (χ3v) is 3.21. The Kier molecular flexibility index (Phi) is 5.02. The number of unbranched alkanes of at least 4 members (excludes halogenated alkanes) is 1. The molecule has 1 aromatic rings. The van der Waals surface area contributed by atoms with Crippen molar-refractivity contribution in [2.24, 2.45) is 5.92 Å². The predicted molar refractivity (Wildman–Crippen MR) is 68.9 cm³/mol. The molecule has 0 saturated carbocycles. The van der Waals surface area contributed by atoms with Crippen molar-refractivity contribution in [1.82, 2.24) is 0 Å². The van der Waals surface area contributed by atoms with Gasteiger partial charge in [0.05, 0.1) is 6.61 Å². The van der Waals surface area contributed by atoms with Gasteiger partial charge in [0.25, 0.3) is 0 Å². The van der Waals surface area contributed by atoms with Crippen LogP contribution in [0.3, 0.4) is 0 Å². The Balaban J connectivity index is 1.71. The molecular formula is C15H22O2. The molecule has 2 nitrogen and oxygen atoms in total. The van der Waals surface area contributed by atoms with Crippen molar-refractivity contribution in [3.05, 3.63) is 35.9 Å². The van der Waals surface area contributed by atoms with Crippen LogP contribution in [0.4, 0.5) is 0 Å². The van der Waals surface area contributed by atoms with E-state index in [4.69, 9.17) is 9.47 Å². The van der Waals surface area contributed by atoms with E-state index in [9.17, 15) is 0 Å². The van der Waals surface area contributed by atoms with E-state index in [0.717, 1.165) is 32.5 Å². The predicted octanol–water partition coefficient (Wildman–Crippen LogP) is 3.41. The lowest BCUT2D eigenvalue weighted by Crippen LogP contribution is -2.11. The Morgan fingerprint density at radius 3 is 2.88 bits per heavy atom. The lowest BCUT2D eigenvalue weighted by atomic mass is 9.98. The van der Waals surface area contributed by atoms with Crippen LogP contribution in [-0.4, -0.2) is 19.5 Å². The molecule has 0 N–H and O–H groups in total. The van der Waals surface area contributed by atoms with Crippen molar-refractivity contribution < 1.29 is 9.47 Å². The summed E-state index contributed by atoms with van der Waals surface area (Å²) in [4.78, 5) is 0. The molecule has 2 rings (SSSR count). The minimum absolute atomic E-state index is 0.0373. The molecule has 1 aliphatic rings. The van der Waals surface area contributed by atoms with Crippen LogP contribution in [0.25, 0.3) is 0 Å². The van der Waals surface area contributed by atoms with E-state index in [1.807, 2.05) is 0 Å². The molecule has 0 aliphatic carbocycles. The fraction of sp³-hybridized carbons (Fsp3) is 0.600. The summed E-state index contributed by atoms with van der Waals surface area (Å²) in [5.74, 6) is 0.615. The Hall–Kier alpha value is -0.860. The van der Waals surface area contributed by atoms with Gasteiger partial charge in [0.1, 0.15) is 0 Å². The highest BCUT2D eigenvalue weighted by atomic mass is 16.7. The molecule has 1 aromatic carbocycles. The molecule has 1 saturated heterocycles. The average Bonchev–Trinajstić information content (AvgIpc) is 2.79. The molecule has 1 heterocycles. The summed E-state index contributed by atoms with van der Waals surface area (Å²) in [6.45, 7) is 3.85. The quantitative estimate of drug-likeness (QED) is 0.702. The first-order valence-corrected chi connectivity index (χ1v) is 6.65. The molecule has 0 spiro atoms. The van der Waals surface area contributed by atoms with Gasteiger partial charge in [-0.3, -0.25) is 0 Å². The highest BCUT2D eigenvalue weighted by molar-refractivity contribution is 5.15. The van der Waals surface area contributed by atoms with Crippen LogP contribution in [0.1, 0.15) is 31.7 Å². The van der Waals surface area contributed by atoms with Crippen molar-refractivity contribution in [3.63, 3.8) is 0 Å². The maximum Gasteiger partial charge on any atom is 0.157 e. The zero-order valence-corrected chi connectivity index (χ0v) is 10.6. The van der Waals surface area contributed by atoms with Gasteiger partial charge in [-0.1, -0.05) is 43.7 Å². The van der Waals surface area contributed by atoms with Crippen LogP contribution < -0.4 is 0 Å². The zero-order valence-electron chi connectivity index (χ0n) is 10.6. The summed E-state index contributed by atoms with van der Waals surface area (Å²) in [6, 6.07) is 10.6. The van der Waals surface area contributed by atoms with Gasteiger partial charge >= 0.3 is 0 Å². The Morgan fingerprint density at radius 2 is 2.12 bits per heavy atom. The molecule has 2 atom stereocenters. The lowest BCUT2D eigenvalue weighted by molar-refractivity contribution is -0.111. The SMILES string of the molecule is CCCCOC1C[C@H](Cc2ccccc2)CO1. The highest BCUT2D eigenvalue weighted by Gasteiger charge is 2.25. The monoisotopic (exact) mass is 234 g/mol. The van der Waals surface area contributed by atoms with E-state index >= 15 is 0 Å². The maximum absolute atomic E-state index is 5.69. The van der Waals surface area contributed by atoms with Crippen LogP contribution in [0.2, 0.25) is 0 Å². The van der Waals surface area contributed by atoms with Crippen LogP contribution in [0.5, 0.6) is 0 Å². The first-order valence-electron chi connectivity index (χ1n) is 6.65. The lowest BCUT2D eigenvalue weighted by Gasteiger charge is -2.10. The van der Waals surface area contributed by atoms with E-state index in [1.165, 1.54) is 12.0 Å². The van der Waals surface area contributed by atoms with E-state index < -0.39 is 0 Å². The van der Waals surface area contributed by atoms with Gasteiger partial charge in [0.2, 0.25) is 0 Å². The van der Waals surface area contributed by atoms with E-state index in [0.29, 0.717) is 5.92 Å². The van der Waals surface area contributed by atoms with Crippen molar-refractivity contribution in [3.8, 4) is 0 Å². The summed E-state index contributed by atoms with van der Waals surface area (Å²) in [6.07, 6.45) is 4.49. The van der Waals surface area contributed by atoms with Crippen LogP contribution in [0, 0.1) is 5.92 Å². The highest BCUT2D eigenvalue weighted by Crippen LogP contribution is 2.24. The topological polar surface area (TPSA) is 18.5 Å². The van der Waals surface area contributed by atoms with Gasteiger partial charge in [0, 0.05) is 13.0 Å². The van der Waals surface area contributed by atoms with Crippen molar-refractivity contribution in [2.45, 2.75) is 38.9 Å². The molecule has 94 valence electrons. The van der Waals surface area contributed by atoms with Gasteiger partial charge < -0.3 is 9.47 Å². The Labute approximate surface area is 104 Å². The van der Waals surface area contributed by atoms with Crippen molar-refractivity contribution in [1.29, 1.82) is 0 Å². The zero-order chi connectivity index (χ0) is 11.9. The molecule has 1 aliphatic heterocycles. The average molecular weight is 234 g/mol. The summed E-state index contributed by atoms with van der Waals surface area (Å²) in [7, 11) is 0. The second-order valence-electron chi connectivity index (χ2n) is 4.78. The Bertz CT molecular complexity index is 310.